The van der Waals surface area contributed by atoms with Crippen LogP contribution in [0.2, 0.25) is 0 Å². The molecule has 3 N–H and O–H groups in total. The lowest BCUT2D eigenvalue weighted by molar-refractivity contribution is 0.0732. The zero-order valence-electron chi connectivity index (χ0n) is 16.3. The number of hydrogen-bond acceptors (Lipinski definition) is 4. The molecule has 2 aromatic rings. The van der Waals surface area contributed by atoms with Crippen molar-refractivity contribution in [2.24, 2.45) is 10.4 Å². The number of H-pyrrole nitrogens is 1. The fourth-order valence-electron chi connectivity index (χ4n) is 3.46. The minimum absolute atomic E-state index is 0.360. The number of benzene rings is 1. The highest BCUT2D eigenvalue weighted by Crippen LogP contribution is 2.43. The second kappa shape index (κ2) is 9.50. The lowest BCUT2D eigenvalue weighted by atomic mass is 9.67. The number of aromatic nitrogens is 3. The molecule has 7 heteroatoms. The van der Waals surface area contributed by atoms with Crippen LogP contribution in [0.5, 0.6) is 0 Å². The second-order valence-corrected chi connectivity index (χ2v) is 7.18. The quantitative estimate of drug-likeness (QED) is 0.467. The molecule has 0 bridgehead atoms. The molecule has 1 saturated carbocycles. The molecule has 0 amide bonds. The van der Waals surface area contributed by atoms with Gasteiger partial charge in [-0.1, -0.05) is 24.6 Å². The molecule has 7 nitrogen and oxygen atoms in total. The number of rotatable bonds is 9. The third kappa shape index (κ3) is 5.29. The maximum absolute atomic E-state index is 5.29. The lowest BCUT2D eigenvalue weighted by Crippen LogP contribution is -2.46. The van der Waals surface area contributed by atoms with Gasteiger partial charge in [-0.15, -0.1) is 0 Å². The Morgan fingerprint density at radius 1 is 1.33 bits per heavy atom. The number of methoxy groups -OCH3 is 1. The summed E-state index contributed by atoms with van der Waals surface area (Å²) < 4.78 is 5.29. The SMILES string of the molecule is CCNC(=NCc1cccc(-c2ncn[nH]2)c1)NCC1(CCOC)CCC1. The van der Waals surface area contributed by atoms with Crippen molar-refractivity contribution in [2.75, 3.05) is 26.8 Å². The lowest BCUT2D eigenvalue weighted by Gasteiger charge is -2.42. The van der Waals surface area contributed by atoms with E-state index < -0.39 is 0 Å². The van der Waals surface area contributed by atoms with Crippen molar-refractivity contribution >= 4 is 5.96 Å². The van der Waals surface area contributed by atoms with Gasteiger partial charge in [0.2, 0.25) is 0 Å². The Kier molecular flexibility index (Phi) is 6.81. The van der Waals surface area contributed by atoms with Crippen LogP contribution in [0.3, 0.4) is 0 Å². The smallest absolute Gasteiger partial charge is 0.191 e. The summed E-state index contributed by atoms with van der Waals surface area (Å²) in [6.45, 7) is 5.31. The highest BCUT2D eigenvalue weighted by Gasteiger charge is 2.36. The largest absolute Gasteiger partial charge is 0.385 e. The predicted octanol–water partition coefficient (Wildman–Crippen LogP) is 2.73. The third-order valence-electron chi connectivity index (χ3n) is 5.26. The maximum atomic E-state index is 5.29. The van der Waals surface area contributed by atoms with Crippen LogP contribution in [-0.4, -0.2) is 47.9 Å². The molecule has 0 saturated heterocycles. The Hall–Kier alpha value is -2.41. The Morgan fingerprint density at radius 2 is 2.22 bits per heavy atom. The van der Waals surface area contributed by atoms with Crippen LogP contribution in [0.25, 0.3) is 11.4 Å². The summed E-state index contributed by atoms with van der Waals surface area (Å²) in [4.78, 5) is 8.98. The summed E-state index contributed by atoms with van der Waals surface area (Å²) in [6, 6.07) is 8.23. The number of nitrogens with zero attached hydrogens (tertiary/aromatic N) is 3. The van der Waals surface area contributed by atoms with E-state index in [1.54, 1.807) is 7.11 Å². The first kappa shape index (κ1) is 19.4. The summed E-state index contributed by atoms with van der Waals surface area (Å²) in [5.41, 5.74) is 2.52. The first-order chi connectivity index (χ1) is 13.2. The number of hydrogen-bond donors (Lipinski definition) is 3. The second-order valence-electron chi connectivity index (χ2n) is 7.18. The summed E-state index contributed by atoms with van der Waals surface area (Å²) in [5.74, 6) is 1.64. The van der Waals surface area contributed by atoms with Crippen molar-refractivity contribution in [2.45, 2.75) is 39.2 Å². The topological polar surface area (TPSA) is 87.2 Å². The van der Waals surface area contributed by atoms with E-state index in [0.717, 1.165) is 49.0 Å². The van der Waals surface area contributed by atoms with Gasteiger partial charge in [-0.3, -0.25) is 5.10 Å². The van der Waals surface area contributed by atoms with E-state index in [-0.39, 0.29) is 0 Å². The molecular weight excluding hydrogens is 340 g/mol. The highest BCUT2D eigenvalue weighted by molar-refractivity contribution is 5.79. The van der Waals surface area contributed by atoms with Gasteiger partial charge in [0.1, 0.15) is 6.33 Å². The molecule has 1 aromatic heterocycles. The molecule has 1 aliphatic carbocycles. The molecule has 146 valence electrons. The van der Waals surface area contributed by atoms with Crippen molar-refractivity contribution in [3.05, 3.63) is 36.2 Å². The molecule has 0 radical (unpaired) electrons. The van der Waals surface area contributed by atoms with Crippen LogP contribution < -0.4 is 10.6 Å². The molecule has 0 unspecified atom stereocenters. The van der Waals surface area contributed by atoms with Crippen LogP contribution in [-0.2, 0) is 11.3 Å². The number of nitrogens with one attached hydrogen (secondary N) is 3. The molecule has 27 heavy (non-hydrogen) atoms. The Balaban J connectivity index is 1.61. The molecule has 3 rings (SSSR count). The first-order valence-electron chi connectivity index (χ1n) is 9.70. The van der Waals surface area contributed by atoms with Gasteiger partial charge in [-0.2, -0.15) is 5.10 Å². The molecule has 1 aromatic carbocycles. The zero-order valence-corrected chi connectivity index (χ0v) is 16.3. The first-order valence-corrected chi connectivity index (χ1v) is 9.70. The normalized spacial score (nSPS) is 16.0. The summed E-state index contributed by atoms with van der Waals surface area (Å²) in [6.07, 6.45) is 6.47. The van der Waals surface area contributed by atoms with Crippen molar-refractivity contribution in [3.63, 3.8) is 0 Å². The van der Waals surface area contributed by atoms with E-state index in [9.17, 15) is 0 Å². The Labute approximate surface area is 161 Å². The van der Waals surface area contributed by atoms with E-state index in [1.807, 2.05) is 12.1 Å². The zero-order chi connectivity index (χ0) is 19.0. The number of ether oxygens (including phenoxy) is 1. The van der Waals surface area contributed by atoms with Crippen LogP contribution in [0.4, 0.5) is 0 Å². The molecule has 1 heterocycles. The molecule has 1 aliphatic rings. The van der Waals surface area contributed by atoms with Gasteiger partial charge in [0, 0.05) is 32.4 Å². The van der Waals surface area contributed by atoms with E-state index in [2.05, 4.69) is 44.9 Å². The van der Waals surface area contributed by atoms with Crippen molar-refractivity contribution in [1.29, 1.82) is 0 Å². The van der Waals surface area contributed by atoms with Crippen LogP contribution in [0.15, 0.2) is 35.6 Å². The van der Waals surface area contributed by atoms with Crippen LogP contribution in [0.1, 0.15) is 38.2 Å². The van der Waals surface area contributed by atoms with E-state index >= 15 is 0 Å². The van der Waals surface area contributed by atoms with Crippen LogP contribution in [0, 0.1) is 5.41 Å². The van der Waals surface area contributed by atoms with Crippen LogP contribution >= 0.6 is 0 Å². The number of aromatic amines is 1. The van der Waals surface area contributed by atoms with E-state index in [0.29, 0.717) is 12.0 Å². The van der Waals surface area contributed by atoms with Gasteiger partial charge >= 0.3 is 0 Å². The van der Waals surface area contributed by atoms with Gasteiger partial charge in [0.15, 0.2) is 11.8 Å². The van der Waals surface area contributed by atoms with E-state index in [4.69, 9.17) is 9.73 Å². The summed E-state index contributed by atoms with van der Waals surface area (Å²) in [5, 5.41) is 13.7. The molecule has 0 atom stereocenters. The van der Waals surface area contributed by atoms with Crippen molar-refractivity contribution in [3.8, 4) is 11.4 Å². The van der Waals surface area contributed by atoms with Gasteiger partial charge in [0.05, 0.1) is 6.54 Å². The summed E-state index contributed by atoms with van der Waals surface area (Å²) in [7, 11) is 1.78. The predicted molar refractivity (Wildman–Crippen MR) is 107 cm³/mol. The van der Waals surface area contributed by atoms with E-state index in [1.165, 1.54) is 25.6 Å². The Bertz CT molecular complexity index is 724. The monoisotopic (exact) mass is 370 g/mol. The summed E-state index contributed by atoms with van der Waals surface area (Å²) >= 11 is 0. The third-order valence-corrected chi connectivity index (χ3v) is 5.26. The average Bonchev–Trinajstić information content (AvgIpc) is 3.20. The van der Waals surface area contributed by atoms with Gasteiger partial charge < -0.3 is 15.4 Å². The maximum Gasteiger partial charge on any atom is 0.191 e. The molecule has 0 aliphatic heterocycles. The fraction of sp³-hybridized carbons (Fsp3) is 0.550. The molecule has 1 fully saturated rings. The van der Waals surface area contributed by atoms with Crippen molar-refractivity contribution < 1.29 is 4.74 Å². The highest BCUT2D eigenvalue weighted by atomic mass is 16.5. The fourth-order valence-corrected chi connectivity index (χ4v) is 3.46. The number of aliphatic imine (C=N–C) groups is 1. The standard InChI is InChI=1S/C20H30N6O/c1-3-21-19(23-14-20(8-5-9-20)10-11-27-2)22-13-16-6-4-7-17(12-16)18-24-15-25-26-18/h4,6-7,12,15H,3,5,8-11,13-14H2,1-2H3,(H2,21,22,23)(H,24,25,26). The molecular formula is C20H30N6O. The minimum Gasteiger partial charge on any atom is -0.385 e. The molecule has 0 spiro atoms. The van der Waals surface area contributed by atoms with Gasteiger partial charge in [-0.25, -0.2) is 9.98 Å². The average molecular weight is 371 g/mol. The minimum atomic E-state index is 0.360. The Morgan fingerprint density at radius 3 is 2.89 bits per heavy atom. The van der Waals surface area contributed by atoms with Crippen molar-refractivity contribution in [1.82, 2.24) is 25.8 Å². The van der Waals surface area contributed by atoms with Gasteiger partial charge in [0.25, 0.3) is 0 Å². The number of guanidine groups is 1. The van der Waals surface area contributed by atoms with Gasteiger partial charge in [-0.05, 0) is 43.2 Å².